The van der Waals surface area contributed by atoms with Crippen LogP contribution in [0.5, 0.6) is 5.75 Å². The first-order valence-corrected chi connectivity index (χ1v) is 8.85. The molecule has 1 aliphatic rings. The second-order valence-electron chi connectivity index (χ2n) is 6.21. The Labute approximate surface area is 143 Å². The van der Waals surface area contributed by atoms with Crippen LogP contribution in [0.2, 0.25) is 0 Å². The molecule has 1 aromatic carbocycles. The third-order valence-corrected chi connectivity index (χ3v) is 4.86. The average Bonchev–Trinajstić information content (AvgIpc) is 2.98. The first-order valence-electron chi connectivity index (χ1n) is 8.44. The van der Waals surface area contributed by atoms with Gasteiger partial charge in [-0.3, -0.25) is 0 Å². The number of hydrogen-bond acceptors (Lipinski definition) is 2. The predicted octanol–water partition coefficient (Wildman–Crippen LogP) is 3.52. The van der Waals surface area contributed by atoms with E-state index in [1.165, 1.54) is 43.1 Å². The topological polar surface area (TPSA) is 49.1 Å². The monoisotopic (exact) mass is 331 g/mol. The summed E-state index contributed by atoms with van der Waals surface area (Å²) in [5.74, 6) is 0.890. The van der Waals surface area contributed by atoms with Crippen LogP contribution in [-0.2, 0) is 6.42 Å². The van der Waals surface area contributed by atoms with E-state index >= 15 is 0 Å². The van der Waals surface area contributed by atoms with E-state index < -0.39 is 0 Å². The largest absolute Gasteiger partial charge is 0.497 e. The summed E-state index contributed by atoms with van der Waals surface area (Å²) >= 11 is 5.42. The summed E-state index contributed by atoms with van der Waals surface area (Å²) in [7, 11) is 1.70. The fourth-order valence-electron chi connectivity index (χ4n) is 3.29. The second-order valence-corrected chi connectivity index (χ2v) is 6.62. The Morgan fingerprint density at radius 2 is 2.13 bits per heavy atom. The molecule has 0 unspecified atom stereocenters. The Morgan fingerprint density at radius 1 is 1.30 bits per heavy atom. The fraction of sp³-hybridized carbons (Fsp3) is 0.500. The number of nitrogens with one attached hydrogen (secondary N) is 3. The number of hydrogen-bond donors (Lipinski definition) is 3. The normalized spacial score (nSPS) is 15.5. The lowest BCUT2D eigenvalue weighted by molar-refractivity contribution is 0.412. The van der Waals surface area contributed by atoms with E-state index in [1.54, 1.807) is 7.11 Å². The summed E-state index contributed by atoms with van der Waals surface area (Å²) < 4.78 is 5.31. The lowest BCUT2D eigenvalue weighted by Crippen LogP contribution is -2.43. The molecule has 1 fully saturated rings. The van der Waals surface area contributed by atoms with Crippen molar-refractivity contribution in [2.24, 2.45) is 0 Å². The number of benzene rings is 1. The van der Waals surface area contributed by atoms with Crippen LogP contribution in [-0.4, -0.2) is 29.8 Å². The van der Waals surface area contributed by atoms with Crippen LogP contribution in [0, 0.1) is 0 Å². The van der Waals surface area contributed by atoms with Crippen molar-refractivity contribution in [3.63, 3.8) is 0 Å². The molecule has 1 saturated carbocycles. The number of H-pyrrole nitrogens is 1. The minimum Gasteiger partial charge on any atom is -0.497 e. The van der Waals surface area contributed by atoms with E-state index in [9.17, 15) is 0 Å². The highest BCUT2D eigenvalue weighted by Crippen LogP contribution is 2.23. The summed E-state index contributed by atoms with van der Waals surface area (Å²) in [6, 6.07) is 6.67. The molecule has 23 heavy (non-hydrogen) atoms. The molecule has 5 heteroatoms. The van der Waals surface area contributed by atoms with E-state index in [0.717, 1.165) is 29.3 Å². The molecular formula is C18H25N3OS. The maximum absolute atomic E-state index is 5.42. The molecule has 3 rings (SSSR count). The number of aromatic nitrogens is 1. The van der Waals surface area contributed by atoms with Gasteiger partial charge in [-0.15, -0.1) is 0 Å². The third-order valence-electron chi connectivity index (χ3n) is 4.59. The number of aromatic amines is 1. The highest BCUT2D eigenvalue weighted by atomic mass is 32.1. The van der Waals surface area contributed by atoms with Crippen molar-refractivity contribution in [1.29, 1.82) is 0 Å². The number of thiocarbonyl (C=S) groups is 1. The van der Waals surface area contributed by atoms with Crippen LogP contribution in [0.4, 0.5) is 0 Å². The average molecular weight is 331 g/mol. The van der Waals surface area contributed by atoms with Gasteiger partial charge in [0.2, 0.25) is 0 Å². The van der Waals surface area contributed by atoms with Crippen molar-refractivity contribution >= 4 is 28.2 Å². The minimum atomic E-state index is 0.557. The van der Waals surface area contributed by atoms with Gasteiger partial charge in [0.05, 0.1) is 7.11 Å². The van der Waals surface area contributed by atoms with E-state index in [-0.39, 0.29) is 0 Å². The summed E-state index contributed by atoms with van der Waals surface area (Å²) in [4.78, 5) is 3.31. The highest BCUT2D eigenvalue weighted by molar-refractivity contribution is 7.80. The zero-order chi connectivity index (χ0) is 16.1. The van der Waals surface area contributed by atoms with Gasteiger partial charge < -0.3 is 20.4 Å². The van der Waals surface area contributed by atoms with Crippen LogP contribution in [0.3, 0.4) is 0 Å². The zero-order valence-corrected chi connectivity index (χ0v) is 14.5. The molecule has 1 aliphatic carbocycles. The smallest absolute Gasteiger partial charge is 0.166 e. The van der Waals surface area contributed by atoms with Crippen molar-refractivity contribution in [1.82, 2.24) is 15.6 Å². The number of rotatable bonds is 5. The maximum Gasteiger partial charge on any atom is 0.166 e. The summed E-state index contributed by atoms with van der Waals surface area (Å²) in [5, 5.41) is 8.79. The number of ether oxygens (including phenoxy) is 1. The molecule has 0 spiro atoms. The highest BCUT2D eigenvalue weighted by Gasteiger charge is 2.13. The first-order chi connectivity index (χ1) is 11.3. The Balaban J connectivity index is 1.51. The van der Waals surface area contributed by atoms with Crippen molar-refractivity contribution in [2.75, 3.05) is 13.7 Å². The van der Waals surface area contributed by atoms with Gasteiger partial charge in [-0.25, -0.2) is 0 Å². The van der Waals surface area contributed by atoms with Gasteiger partial charge in [-0.1, -0.05) is 19.3 Å². The van der Waals surface area contributed by atoms with Crippen molar-refractivity contribution in [3.05, 3.63) is 30.0 Å². The number of methoxy groups -OCH3 is 1. The third kappa shape index (κ3) is 4.16. The van der Waals surface area contributed by atoms with Crippen molar-refractivity contribution < 1.29 is 4.74 Å². The quantitative estimate of drug-likeness (QED) is 0.734. The van der Waals surface area contributed by atoms with E-state index in [4.69, 9.17) is 17.0 Å². The molecule has 0 atom stereocenters. The van der Waals surface area contributed by atoms with Gasteiger partial charge >= 0.3 is 0 Å². The molecule has 0 amide bonds. The van der Waals surface area contributed by atoms with Crippen molar-refractivity contribution in [2.45, 2.75) is 44.6 Å². The Kier molecular flexibility index (Phi) is 5.39. The standard InChI is InChI=1S/C18H25N3OS/c1-22-15-7-8-17-16(11-15)13(12-20-17)9-10-19-18(23)21-14-5-3-2-4-6-14/h7-8,11-12,14,20H,2-6,9-10H2,1H3,(H2,19,21,23). The Hall–Kier alpha value is -1.75. The molecule has 0 radical (unpaired) electrons. The van der Waals surface area contributed by atoms with Gasteiger partial charge in [0.15, 0.2) is 5.11 Å². The molecule has 2 aromatic rings. The second kappa shape index (κ2) is 7.68. The van der Waals surface area contributed by atoms with E-state index in [1.807, 2.05) is 6.07 Å². The molecule has 124 valence electrons. The van der Waals surface area contributed by atoms with Gasteiger partial charge in [0, 0.05) is 29.7 Å². The molecule has 1 aromatic heterocycles. The number of fused-ring (bicyclic) bond motifs is 1. The summed E-state index contributed by atoms with van der Waals surface area (Å²) in [6.45, 7) is 0.836. The Bertz CT molecular complexity index is 661. The molecule has 4 nitrogen and oxygen atoms in total. The van der Waals surface area contributed by atoms with Gasteiger partial charge in [-0.2, -0.15) is 0 Å². The van der Waals surface area contributed by atoms with Gasteiger partial charge in [0.1, 0.15) is 5.75 Å². The predicted molar refractivity (Wildman–Crippen MR) is 99.2 cm³/mol. The molecule has 0 saturated heterocycles. The van der Waals surface area contributed by atoms with Gasteiger partial charge in [-0.05, 0) is 55.2 Å². The van der Waals surface area contributed by atoms with Crippen LogP contribution >= 0.6 is 12.2 Å². The van der Waals surface area contributed by atoms with Crippen LogP contribution in [0.15, 0.2) is 24.4 Å². The zero-order valence-electron chi connectivity index (χ0n) is 13.7. The van der Waals surface area contributed by atoms with Crippen LogP contribution < -0.4 is 15.4 Å². The lowest BCUT2D eigenvalue weighted by Gasteiger charge is -2.24. The molecule has 0 aliphatic heterocycles. The van der Waals surface area contributed by atoms with E-state index in [2.05, 4.69) is 33.9 Å². The SMILES string of the molecule is COc1ccc2[nH]cc(CCNC(=S)NC3CCCCC3)c2c1. The Morgan fingerprint density at radius 3 is 2.91 bits per heavy atom. The van der Waals surface area contributed by atoms with Gasteiger partial charge in [0.25, 0.3) is 0 Å². The summed E-state index contributed by atoms with van der Waals surface area (Å²) in [5.41, 5.74) is 2.43. The summed E-state index contributed by atoms with van der Waals surface area (Å²) in [6.07, 6.45) is 9.48. The molecule has 0 bridgehead atoms. The van der Waals surface area contributed by atoms with Crippen molar-refractivity contribution in [3.8, 4) is 5.75 Å². The minimum absolute atomic E-state index is 0.557. The van der Waals surface area contributed by atoms with Crippen LogP contribution in [0.1, 0.15) is 37.7 Å². The first kappa shape index (κ1) is 16.1. The maximum atomic E-state index is 5.42. The molecule has 1 heterocycles. The fourth-order valence-corrected chi connectivity index (χ4v) is 3.55. The van der Waals surface area contributed by atoms with Crippen LogP contribution in [0.25, 0.3) is 10.9 Å². The van der Waals surface area contributed by atoms with E-state index in [0.29, 0.717) is 6.04 Å². The lowest BCUT2D eigenvalue weighted by atomic mass is 9.96. The molecule has 3 N–H and O–H groups in total. The molecular weight excluding hydrogens is 306 g/mol.